The van der Waals surface area contributed by atoms with Crippen molar-refractivity contribution in [3.05, 3.63) is 22.4 Å². The number of aromatic nitrogens is 1. The molecule has 0 radical (unpaired) electrons. The summed E-state index contributed by atoms with van der Waals surface area (Å²) in [4.78, 5) is 14.7. The summed E-state index contributed by atoms with van der Waals surface area (Å²) < 4.78 is 2.93. The van der Waals surface area contributed by atoms with Gasteiger partial charge in [-0.15, -0.1) is 0 Å². The number of carbonyl (C=O) groups is 1. The van der Waals surface area contributed by atoms with Crippen LogP contribution in [0.3, 0.4) is 0 Å². The van der Waals surface area contributed by atoms with E-state index in [1.807, 2.05) is 23.8 Å². The van der Waals surface area contributed by atoms with E-state index in [1.54, 1.807) is 0 Å². The van der Waals surface area contributed by atoms with Gasteiger partial charge < -0.3 is 14.8 Å². The van der Waals surface area contributed by atoms with Crippen LogP contribution in [0.1, 0.15) is 37.2 Å². The molecule has 1 fully saturated rings. The van der Waals surface area contributed by atoms with Crippen molar-refractivity contribution in [3.63, 3.8) is 0 Å². The fourth-order valence-electron chi connectivity index (χ4n) is 2.65. The maximum atomic E-state index is 12.3. The highest BCUT2D eigenvalue weighted by Crippen LogP contribution is 2.16. The number of nitrogens with one attached hydrogen (secondary N) is 1. The number of halogens is 1. The minimum atomic E-state index is 0.0375. The SMILES string of the molecule is CCN1CCCC(NC(=O)c2cc(Br)cn2CC)C1. The zero-order valence-electron chi connectivity index (χ0n) is 11.7. The molecular formula is C14H22BrN3O. The molecule has 1 aromatic rings. The number of piperidine rings is 1. The standard InChI is InChI=1S/C14H22BrN3O/c1-3-17-7-5-6-12(10-17)16-14(19)13-8-11(15)9-18(13)4-2/h8-9,12H,3-7,10H2,1-2H3,(H,16,19). The first-order valence-corrected chi connectivity index (χ1v) is 7.82. The van der Waals surface area contributed by atoms with E-state index in [-0.39, 0.29) is 11.9 Å². The number of amides is 1. The molecule has 5 heteroatoms. The molecule has 4 nitrogen and oxygen atoms in total. The number of likely N-dealkylation sites (N-methyl/N-ethyl adjacent to an activating group) is 1. The third kappa shape index (κ3) is 3.60. The van der Waals surface area contributed by atoms with Gasteiger partial charge in [-0.3, -0.25) is 4.79 Å². The first-order valence-electron chi connectivity index (χ1n) is 7.03. The van der Waals surface area contributed by atoms with Crippen molar-refractivity contribution in [3.8, 4) is 0 Å². The molecule has 1 atom stereocenters. The number of likely N-dealkylation sites (tertiary alicyclic amines) is 1. The number of rotatable bonds is 4. The molecule has 0 spiro atoms. The van der Waals surface area contributed by atoms with Gasteiger partial charge in [-0.25, -0.2) is 0 Å². The molecule has 0 aromatic carbocycles. The van der Waals surface area contributed by atoms with Crippen molar-refractivity contribution < 1.29 is 4.79 Å². The van der Waals surface area contributed by atoms with Crippen LogP contribution in [0.4, 0.5) is 0 Å². The lowest BCUT2D eigenvalue weighted by atomic mass is 10.1. The largest absolute Gasteiger partial charge is 0.347 e. The van der Waals surface area contributed by atoms with Gasteiger partial charge >= 0.3 is 0 Å². The number of nitrogens with zero attached hydrogens (tertiary/aromatic N) is 2. The summed E-state index contributed by atoms with van der Waals surface area (Å²) in [6.45, 7) is 8.20. The normalized spacial score (nSPS) is 20.5. The fourth-order valence-corrected chi connectivity index (χ4v) is 3.11. The van der Waals surface area contributed by atoms with Gasteiger partial charge in [0.2, 0.25) is 0 Å². The molecule has 0 saturated carbocycles. The molecule has 1 saturated heterocycles. The molecule has 1 aliphatic rings. The second kappa shape index (κ2) is 6.57. The molecule has 1 N–H and O–H groups in total. The number of hydrogen-bond donors (Lipinski definition) is 1. The van der Waals surface area contributed by atoms with Gasteiger partial charge in [0, 0.05) is 29.8 Å². The molecule has 0 bridgehead atoms. The number of hydrogen-bond acceptors (Lipinski definition) is 2. The van der Waals surface area contributed by atoms with E-state index in [0.29, 0.717) is 0 Å². The molecule has 0 aliphatic carbocycles. The maximum Gasteiger partial charge on any atom is 0.268 e. The third-order valence-electron chi connectivity index (χ3n) is 3.72. The average molecular weight is 328 g/mol. The fraction of sp³-hybridized carbons (Fsp3) is 0.643. The van der Waals surface area contributed by atoms with Crippen molar-refractivity contribution >= 4 is 21.8 Å². The lowest BCUT2D eigenvalue weighted by Gasteiger charge is -2.32. The van der Waals surface area contributed by atoms with Gasteiger partial charge in [0.1, 0.15) is 5.69 Å². The lowest BCUT2D eigenvalue weighted by Crippen LogP contribution is -2.47. The van der Waals surface area contributed by atoms with Crippen LogP contribution in [0.5, 0.6) is 0 Å². The van der Waals surface area contributed by atoms with Crippen molar-refractivity contribution in [2.75, 3.05) is 19.6 Å². The average Bonchev–Trinajstić information content (AvgIpc) is 2.80. The predicted octanol–water partition coefficient (Wildman–Crippen LogP) is 2.48. The molecular weight excluding hydrogens is 306 g/mol. The lowest BCUT2D eigenvalue weighted by molar-refractivity contribution is 0.0896. The van der Waals surface area contributed by atoms with Crippen molar-refractivity contribution in [1.29, 1.82) is 0 Å². The Kier molecular flexibility index (Phi) is 5.05. The highest BCUT2D eigenvalue weighted by Gasteiger charge is 2.22. The Balaban J connectivity index is 2.00. The monoisotopic (exact) mass is 327 g/mol. The highest BCUT2D eigenvalue weighted by atomic mass is 79.9. The van der Waals surface area contributed by atoms with Gasteiger partial charge in [-0.1, -0.05) is 6.92 Å². The smallest absolute Gasteiger partial charge is 0.268 e. The van der Waals surface area contributed by atoms with Gasteiger partial charge in [-0.05, 0) is 54.9 Å². The molecule has 106 valence electrons. The molecule has 1 unspecified atom stereocenters. The number of aryl methyl sites for hydroxylation is 1. The Hall–Kier alpha value is -0.810. The van der Waals surface area contributed by atoms with E-state index < -0.39 is 0 Å². The highest BCUT2D eigenvalue weighted by molar-refractivity contribution is 9.10. The van der Waals surface area contributed by atoms with Crippen molar-refractivity contribution in [2.45, 2.75) is 39.3 Å². The van der Waals surface area contributed by atoms with Gasteiger partial charge in [0.15, 0.2) is 0 Å². The molecule has 1 amide bonds. The van der Waals surface area contributed by atoms with Crippen molar-refractivity contribution in [2.24, 2.45) is 0 Å². The quantitative estimate of drug-likeness (QED) is 0.922. The Morgan fingerprint density at radius 1 is 1.47 bits per heavy atom. The topological polar surface area (TPSA) is 37.3 Å². The summed E-state index contributed by atoms with van der Waals surface area (Å²) in [5, 5.41) is 3.17. The molecule has 1 aromatic heterocycles. The summed E-state index contributed by atoms with van der Waals surface area (Å²) in [6.07, 6.45) is 4.20. The first kappa shape index (κ1) is 14.6. The molecule has 2 rings (SSSR count). The van der Waals surface area contributed by atoms with E-state index in [0.717, 1.165) is 49.2 Å². The number of carbonyl (C=O) groups excluding carboxylic acids is 1. The van der Waals surface area contributed by atoms with Crippen LogP contribution in [-0.2, 0) is 6.54 Å². The third-order valence-corrected chi connectivity index (χ3v) is 4.16. The molecule has 2 heterocycles. The van der Waals surface area contributed by atoms with E-state index in [9.17, 15) is 4.79 Å². The zero-order valence-corrected chi connectivity index (χ0v) is 13.2. The minimum absolute atomic E-state index is 0.0375. The summed E-state index contributed by atoms with van der Waals surface area (Å²) in [7, 11) is 0. The second-order valence-electron chi connectivity index (χ2n) is 5.04. The Bertz CT molecular complexity index is 444. The van der Waals surface area contributed by atoms with E-state index in [2.05, 4.69) is 33.1 Å². The van der Waals surface area contributed by atoms with Crippen LogP contribution in [0.25, 0.3) is 0 Å². The Morgan fingerprint density at radius 2 is 2.26 bits per heavy atom. The summed E-state index contributed by atoms with van der Waals surface area (Å²) >= 11 is 3.43. The Labute approximate surface area is 123 Å². The summed E-state index contributed by atoms with van der Waals surface area (Å²) in [6, 6.07) is 2.17. The second-order valence-corrected chi connectivity index (χ2v) is 5.95. The van der Waals surface area contributed by atoms with Crippen LogP contribution >= 0.6 is 15.9 Å². The summed E-state index contributed by atoms with van der Waals surface area (Å²) in [5.74, 6) is 0.0375. The van der Waals surface area contributed by atoms with E-state index >= 15 is 0 Å². The van der Waals surface area contributed by atoms with E-state index in [1.165, 1.54) is 0 Å². The Morgan fingerprint density at radius 3 is 2.95 bits per heavy atom. The van der Waals surface area contributed by atoms with Gasteiger partial charge in [0.25, 0.3) is 5.91 Å². The van der Waals surface area contributed by atoms with Crippen molar-refractivity contribution in [1.82, 2.24) is 14.8 Å². The van der Waals surface area contributed by atoms with Crippen LogP contribution in [0, 0.1) is 0 Å². The molecule has 19 heavy (non-hydrogen) atoms. The van der Waals surface area contributed by atoms with Gasteiger partial charge in [-0.2, -0.15) is 0 Å². The maximum absolute atomic E-state index is 12.3. The van der Waals surface area contributed by atoms with E-state index in [4.69, 9.17) is 0 Å². The zero-order chi connectivity index (χ0) is 13.8. The van der Waals surface area contributed by atoms with Gasteiger partial charge in [0.05, 0.1) is 0 Å². The molecule has 1 aliphatic heterocycles. The van der Waals surface area contributed by atoms with Crippen LogP contribution < -0.4 is 5.32 Å². The van der Waals surface area contributed by atoms with Crippen LogP contribution in [-0.4, -0.2) is 41.1 Å². The first-order chi connectivity index (χ1) is 9.13. The predicted molar refractivity (Wildman–Crippen MR) is 80.4 cm³/mol. The van der Waals surface area contributed by atoms with Crippen LogP contribution in [0.2, 0.25) is 0 Å². The van der Waals surface area contributed by atoms with Crippen LogP contribution in [0.15, 0.2) is 16.7 Å². The minimum Gasteiger partial charge on any atom is -0.347 e. The summed E-state index contributed by atoms with van der Waals surface area (Å²) in [5.41, 5.74) is 0.739.